The molecule has 2 N–H and O–H groups in total. The van der Waals surface area contributed by atoms with Crippen LogP contribution in [0.15, 0.2) is 48.5 Å². The van der Waals surface area contributed by atoms with Crippen LogP contribution in [0.4, 0.5) is 0 Å². The van der Waals surface area contributed by atoms with Crippen LogP contribution >= 0.6 is 0 Å². The first-order chi connectivity index (χ1) is 10.6. The fourth-order valence-corrected chi connectivity index (χ4v) is 2.47. The van der Waals surface area contributed by atoms with E-state index in [0.29, 0.717) is 11.1 Å². The van der Waals surface area contributed by atoms with E-state index in [1.165, 1.54) is 6.07 Å². The molecule has 0 fully saturated rings. The molecule has 2 aromatic carbocycles. The second-order valence-corrected chi connectivity index (χ2v) is 5.02. The predicted octanol–water partition coefficient (Wildman–Crippen LogP) is 3.16. The van der Waals surface area contributed by atoms with E-state index in [9.17, 15) is 15.0 Å². The van der Waals surface area contributed by atoms with E-state index < -0.39 is 5.97 Å². The van der Waals surface area contributed by atoms with Crippen LogP contribution in [0, 0.1) is 0 Å². The standard InChI is InChI=1S/C17H15NO4/c1-18-11(10-22-13-5-2-4-12(19)9-13)8-15-14(17(20)21)6-3-7-16(15)18/h2-9,19H,10H2,1H3,(H,20,21). The Morgan fingerprint density at radius 3 is 2.68 bits per heavy atom. The maximum absolute atomic E-state index is 11.3. The van der Waals surface area contributed by atoms with Crippen molar-refractivity contribution in [2.45, 2.75) is 6.61 Å². The zero-order chi connectivity index (χ0) is 15.7. The van der Waals surface area contributed by atoms with Gasteiger partial charge in [0.1, 0.15) is 18.1 Å². The second kappa shape index (κ2) is 5.44. The lowest BCUT2D eigenvalue weighted by molar-refractivity contribution is 0.0699. The van der Waals surface area contributed by atoms with E-state index >= 15 is 0 Å². The maximum Gasteiger partial charge on any atom is 0.336 e. The summed E-state index contributed by atoms with van der Waals surface area (Å²) in [6.07, 6.45) is 0. The molecule has 0 saturated carbocycles. The highest BCUT2D eigenvalue weighted by molar-refractivity contribution is 6.03. The smallest absolute Gasteiger partial charge is 0.336 e. The van der Waals surface area contributed by atoms with Crippen molar-refractivity contribution >= 4 is 16.9 Å². The number of fused-ring (bicyclic) bond motifs is 1. The van der Waals surface area contributed by atoms with Gasteiger partial charge in [0.25, 0.3) is 0 Å². The fourth-order valence-electron chi connectivity index (χ4n) is 2.47. The van der Waals surface area contributed by atoms with Crippen LogP contribution in [-0.2, 0) is 13.7 Å². The molecule has 3 aromatic rings. The van der Waals surface area contributed by atoms with Crippen LogP contribution < -0.4 is 4.74 Å². The highest BCUT2D eigenvalue weighted by Gasteiger charge is 2.13. The van der Waals surface area contributed by atoms with E-state index in [1.807, 2.05) is 23.7 Å². The number of carboxylic acid groups (broad SMARTS) is 1. The van der Waals surface area contributed by atoms with E-state index in [1.54, 1.807) is 30.3 Å². The number of carboxylic acids is 1. The van der Waals surface area contributed by atoms with Gasteiger partial charge in [0.05, 0.1) is 11.3 Å². The molecule has 1 aromatic heterocycles. The van der Waals surface area contributed by atoms with Crippen molar-refractivity contribution in [1.82, 2.24) is 4.57 Å². The lowest BCUT2D eigenvalue weighted by Crippen LogP contribution is -2.01. The third-order valence-electron chi connectivity index (χ3n) is 3.62. The summed E-state index contributed by atoms with van der Waals surface area (Å²) >= 11 is 0. The molecular formula is C17H15NO4. The average molecular weight is 297 g/mol. The molecule has 0 radical (unpaired) electrons. The van der Waals surface area contributed by atoms with Crippen molar-refractivity contribution in [2.24, 2.45) is 7.05 Å². The number of rotatable bonds is 4. The molecule has 0 aliphatic carbocycles. The van der Waals surface area contributed by atoms with Gasteiger partial charge in [0.15, 0.2) is 0 Å². The van der Waals surface area contributed by atoms with Gasteiger partial charge in [-0.15, -0.1) is 0 Å². The van der Waals surface area contributed by atoms with Crippen LogP contribution in [-0.4, -0.2) is 20.7 Å². The zero-order valence-corrected chi connectivity index (χ0v) is 12.0. The fraction of sp³-hybridized carbons (Fsp3) is 0.118. The van der Waals surface area contributed by atoms with Crippen molar-refractivity contribution in [3.05, 3.63) is 59.8 Å². The number of ether oxygens (including phenoxy) is 1. The molecule has 0 amide bonds. The Kier molecular flexibility index (Phi) is 3.47. The van der Waals surface area contributed by atoms with Gasteiger partial charge >= 0.3 is 5.97 Å². The number of phenols is 1. The molecule has 0 atom stereocenters. The number of aryl methyl sites for hydroxylation is 1. The van der Waals surface area contributed by atoms with Crippen LogP contribution in [0.3, 0.4) is 0 Å². The molecular weight excluding hydrogens is 282 g/mol. The van der Waals surface area contributed by atoms with Crippen molar-refractivity contribution in [2.75, 3.05) is 0 Å². The molecule has 0 aliphatic rings. The predicted molar refractivity (Wildman–Crippen MR) is 82.3 cm³/mol. The number of phenolic OH excluding ortho intramolecular Hbond substituents is 1. The van der Waals surface area contributed by atoms with E-state index in [2.05, 4.69) is 0 Å². The number of hydrogen-bond acceptors (Lipinski definition) is 3. The van der Waals surface area contributed by atoms with Gasteiger partial charge < -0.3 is 19.5 Å². The SMILES string of the molecule is Cn1c(COc2cccc(O)c2)cc2c(C(=O)O)cccc21. The third-order valence-corrected chi connectivity index (χ3v) is 3.62. The quantitative estimate of drug-likeness (QED) is 0.776. The van der Waals surface area contributed by atoms with Gasteiger partial charge in [0, 0.05) is 24.0 Å². The second-order valence-electron chi connectivity index (χ2n) is 5.02. The molecule has 0 unspecified atom stereocenters. The normalized spacial score (nSPS) is 10.8. The van der Waals surface area contributed by atoms with Crippen molar-refractivity contribution in [3.63, 3.8) is 0 Å². The van der Waals surface area contributed by atoms with Gasteiger partial charge in [-0.25, -0.2) is 4.79 Å². The average Bonchev–Trinajstić information content (AvgIpc) is 2.82. The van der Waals surface area contributed by atoms with Crippen molar-refractivity contribution in [1.29, 1.82) is 0 Å². The lowest BCUT2D eigenvalue weighted by atomic mass is 10.1. The summed E-state index contributed by atoms with van der Waals surface area (Å²) in [5, 5.41) is 19.4. The molecule has 1 heterocycles. The van der Waals surface area contributed by atoms with Crippen LogP contribution in [0.25, 0.3) is 10.9 Å². The Hall–Kier alpha value is -2.95. The van der Waals surface area contributed by atoms with Crippen LogP contribution in [0.5, 0.6) is 11.5 Å². The first-order valence-electron chi connectivity index (χ1n) is 6.78. The molecule has 5 heteroatoms. The third kappa shape index (κ3) is 2.48. The molecule has 5 nitrogen and oxygen atoms in total. The zero-order valence-electron chi connectivity index (χ0n) is 12.0. The highest BCUT2D eigenvalue weighted by Crippen LogP contribution is 2.24. The lowest BCUT2D eigenvalue weighted by Gasteiger charge is -2.07. The monoisotopic (exact) mass is 297 g/mol. The summed E-state index contributed by atoms with van der Waals surface area (Å²) in [6, 6.07) is 13.6. The summed E-state index contributed by atoms with van der Waals surface area (Å²) in [6.45, 7) is 0.285. The maximum atomic E-state index is 11.3. The summed E-state index contributed by atoms with van der Waals surface area (Å²) in [5.74, 6) is -0.247. The largest absolute Gasteiger partial charge is 0.508 e. The van der Waals surface area contributed by atoms with Crippen molar-refractivity contribution in [3.8, 4) is 11.5 Å². The van der Waals surface area contributed by atoms with Gasteiger partial charge in [-0.1, -0.05) is 12.1 Å². The summed E-state index contributed by atoms with van der Waals surface area (Å²) < 4.78 is 7.56. The molecule has 3 rings (SSSR count). The Morgan fingerprint density at radius 1 is 1.18 bits per heavy atom. The minimum atomic E-state index is -0.948. The van der Waals surface area contributed by atoms with Gasteiger partial charge in [-0.2, -0.15) is 0 Å². The first kappa shape index (κ1) is 14.0. The van der Waals surface area contributed by atoms with E-state index in [4.69, 9.17) is 4.74 Å². The summed E-state index contributed by atoms with van der Waals surface area (Å²) in [4.78, 5) is 11.3. The number of benzene rings is 2. The van der Waals surface area contributed by atoms with Gasteiger partial charge in [-0.3, -0.25) is 0 Å². The highest BCUT2D eigenvalue weighted by atomic mass is 16.5. The molecule has 22 heavy (non-hydrogen) atoms. The topological polar surface area (TPSA) is 71.7 Å². The van der Waals surface area contributed by atoms with E-state index in [-0.39, 0.29) is 17.9 Å². The summed E-state index contributed by atoms with van der Waals surface area (Å²) in [7, 11) is 1.87. The number of carbonyl (C=O) groups is 1. The molecule has 0 saturated heterocycles. The molecule has 0 aliphatic heterocycles. The molecule has 0 spiro atoms. The van der Waals surface area contributed by atoms with E-state index in [0.717, 1.165) is 11.2 Å². The van der Waals surface area contributed by atoms with Crippen LogP contribution in [0.1, 0.15) is 16.1 Å². The number of aromatic hydroxyl groups is 1. The Balaban J connectivity index is 1.93. The van der Waals surface area contributed by atoms with Gasteiger partial charge in [-0.05, 0) is 30.3 Å². The number of aromatic carboxylic acids is 1. The Labute approximate surface area is 127 Å². The summed E-state index contributed by atoms with van der Waals surface area (Å²) in [5.41, 5.74) is 1.97. The molecule has 0 bridgehead atoms. The van der Waals surface area contributed by atoms with Crippen LogP contribution in [0.2, 0.25) is 0 Å². The Bertz CT molecular complexity index is 851. The number of hydrogen-bond donors (Lipinski definition) is 2. The Morgan fingerprint density at radius 2 is 1.95 bits per heavy atom. The van der Waals surface area contributed by atoms with Gasteiger partial charge in [0.2, 0.25) is 0 Å². The van der Waals surface area contributed by atoms with Crippen molar-refractivity contribution < 1.29 is 19.7 Å². The first-order valence-corrected chi connectivity index (χ1v) is 6.78. The number of nitrogens with zero attached hydrogens (tertiary/aromatic N) is 1. The minimum absolute atomic E-state index is 0.141. The number of aromatic nitrogens is 1. The minimum Gasteiger partial charge on any atom is -0.508 e. The molecule has 112 valence electrons.